The van der Waals surface area contributed by atoms with Crippen molar-refractivity contribution in [2.24, 2.45) is 28.6 Å². The number of halogens is 3. The third-order valence-corrected chi connectivity index (χ3v) is 8.88. The predicted octanol–water partition coefficient (Wildman–Crippen LogP) is 6.21. The monoisotopic (exact) mass is 462 g/mol. The van der Waals surface area contributed by atoms with Gasteiger partial charge in [-0.3, -0.25) is 4.79 Å². The van der Waals surface area contributed by atoms with E-state index in [0.29, 0.717) is 24.7 Å². The minimum Gasteiger partial charge on any atom is -0.464 e. The van der Waals surface area contributed by atoms with Crippen LogP contribution in [0.3, 0.4) is 0 Å². The van der Waals surface area contributed by atoms with Crippen molar-refractivity contribution in [1.29, 1.82) is 0 Å². The molecule has 0 aliphatic heterocycles. The fourth-order valence-corrected chi connectivity index (χ4v) is 7.12. The summed E-state index contributed by atoms with van der Waals surface area (Å²) in [6, 6.07) is 0. The molecule has 7 atom stereocenters. The maximum absolute atomic E-state index is 12.8. The van der Waals surface area contributed by atoms with Crippen LogP contribution in [0, 0.1) is 28.6 Å². The van der Waals surface area contributed by atoms with Crippen LogP contribution in [0.4, 0.5) is 13.2 Å². The van der Waals surface area contributed by atoms with Crippen molar-refractivity contribution in [3.8, 4) is 0 Å². The highest BCUT2D eigenvalue weighted by molar-refractivity contribution is 7.81. The Balaban J connectivity index is 0.00000132. The Morgan fingerprint density at radius 3 is 2.39 bits per heavy atom. The van der Waals surface area contributed by atoms with Crippen LogP contribution in [-0.4, -0.2) is 22.3 Å². The lowest BCUT2D eigenvalue weighted by Gasteiger charge is -2.57. The van der Waals surface area contributed by atoms with Gasteiger partial charge in [-0.1, -0.05) is 39.3 Å². The quantitative estimate of drug-likeness (QED) is 0.368. The fourth-order valence-electron chi connectivity index (χ4n) is 6.61. The zero-order valence-corrected chi connectivity index (χ0v) is 19.5. The van der Waals surface area contributed by atoms with Gasteiger partial charge in [0.2, 0.25) is 0 Å². The highest BCUT2D eigenvalue weighted by Crippen LogP contribution is 2.65. The van der Waals surface area contributed by atoms with Crippen molar-refractivity contribution >= 4 is 17.6 Å². The summed E-state index contributed by atoms with van der Waals surface area (Å²) in [6.07, 6.45) is 9.71. The van der Waals surface area contributed by atoms with Gasteiger partial charge in [-0.2, -0.15) is 13.2 Å². The molecule has 176 valence electrons. The van der Waals surface area contributed by atoms with Gasteiger partial charge in [0.05, 0.1) is 0 Å². The largest absolute Gasteiger partial charge is 0.508 e. The van der Waals surface area contributed by atoms with Crippen molar-refractivity contribution < 1.29 is 31.1 Å². The number of alkyl halides is 3. The molecule has 7 unspecified atom stereocenters. The summed E-state index contributed by atoms with van der Waals surface area (Å²) in [7, 11) is 0. The van der Waals surface area contributed by atoms with Crippen molar-refractivity contribution in [3.05, 3.63) is 23.5 Å². The minimum absolute atomic E-state index is 0.0470. The number of rotatable bonds is 4. The summed E-state index contributed by atoms with van der Waals surface area (Å²) < 4.78 is 59.9. The van der Waals surface area contributed by atoms with Gasteiger partial charge in [-0.05, 0) is 67.8 Å². The van der Waals surface area contributed by atoms with E-state index in [9.17, 15) is 22.2 Å². The first kappa shape index (κ1) is 24.3. The van der Waals surface area contributed by atoms with Crippen LogP contribution in [0.15, 0.2) is 23.5 Å². The molecular formula is C23H33F3O4S. The van der Waals surface area contributed by atoms with Gasteiger partial charge in [-0.15, -0.1) is 0 Å². The van der Waals surface area contributed by atoms with E-state index in [1.807, 2.05) is 20.8 Å². The van der Waals surface area contributed by atoms with Crippen molar-refractivity contribution in [2.75, 3.05) is 0 Å². The van der Waals surface area contributed by atoms with Gasteiger partial charge in [0, 0.05) is 11.8 Å². The smallest absolute Gasteiger partial charge is 0.464 e. The molecule has 2 fully saturated rings. The van der Waals surface area contributed by atoms with E-state index >= 15 is 0 Å². The standard InChI is InChI=1S/C21H27F3O4S.C2H6/c1-19-9-7-14(27-12-25)11-13(19)3-4-15-16-5-6-18(28-29(26)21(22,23)24)20(16,2)10-8-17(15)19;1-2/h3,6,12,14-17H,4-5,7-11H2,1-2H3;1-2H3. The van der Waals surface area contributed by atoms with Gasteiger partial charge in [0.25, 0.3) is 6.47 Å². The summed E-state index contributed by atoms with van der Waals surface area (Å²) >= 11 is -3.32. The summed E-state index contributed by atoms with van der Waals surface area (Å²) in [4.78, 5) is 10.7. The highest BCUT2D eigenvalue weighted by atomic mass is 32.2. The van der Waals surface area contributed by atoms with Gasteiger partial charge < -0.3 is 8.92 Å². The lowest BCUT2D eigenvalue weighted by atomic mass is 9.48. The Labute approximate surface area is 185 Å². The van der Waals surface area contributed by atoms with Crippen LogP contribution < -0.4 is 0 Å². The Bertz CT molecular complexity index is 777. The number of carbonyl (C=O) groups is 1. The molecule has 31 heavy (non-hydrogen) atoms. The van der Waals surface area contributed by atoms with Crippen LogP contribution >= 0.6 is 0 Å². The fraction of sp³-hybridized carbons (Fsp3) is 0.783. The number of hydrogen-bond donors (Lipinski definition) is 0. The van der Waals surface area contributed by atoms with Gasteiger partial charge in [0.1, 0.15) is 11.9 Å². The Kier molecular flexibility index (Phi) is 6.99. The molecule has 0 aromatic rings. The second kappa shape index (κ2) is 8.91. The molecule has 0 saturated heterocycles. The first-order valence-electron chi connectivity index (χ1n) is 11.3. The topological polar surface area (TPSA) is 52.6 Å². The van der Waals surface area contributed by atoms with Crippen molar-refractivity contribution in [1.82, 2.24) is 0 Å². The molecule has 0 amide bonds. The van der Waals surface area contributed by atoms with Crippen molar-refractivity contribution in [2.45, 2.75) is 84.3 Å². The second-order valence-corrected chi connectivity index (χ2v) is 10.5. The normalized spacial score (nSPS) is 40.0. The molecule has 4 rings (SSSR count). The van der Waals surface area contributed by atoms with E-state index in [-0.39, 0.29) is 23.2 Å². The molecule has 4 aliphatic rings. The molecular weight excluding hydrogens is 429 g/mol. The molecule has 8 heteroatoms. The van der Waals surface area contributed by atoms with E-state index in [2.05, 4.69) is 13.0 Å². The first-order chi connectivity index (χ1) is 14.6. The third-order valence-electron chi connectivity index (χ3n) is 8.17. The Hall–Kier alpha value is -1.31. The average Bonchev–Trinajstić information content (AvgIpc) is 3.05. The molecule has 0 N–H and O–H groups in total. The third kappa shape index (κ3) is 4.21. The zero-order chi connectivity index (χ0) is 23.0. The lowest BCUT2D eigenvalue weighted by Crippen LogP contribution is -2.50. The van der Waals surface area contributed by atoms with Gasteiger partial charge in [-0.25, -0.2) is 4.21 Å². The molecule has 0 bridgehead atoms. The van der Waals surface area contributed by atoms with E-state index in [0.717, 1.165) is 38.5 Å². The molecule has 0 aromatic carbocycles. The Morgan fingerprint density at radius 1 is 1.06 bits per heavy atom. The van der Waals surface area contributed by atoms with E-state index in [4.69, 9.17) is 8.92 Å². The first-order valence-corrected chi connectivity index (χ1v) is 12.3. The number of ether oxygens (including phenoxy) is 1. The lowest BCUT2D eigenvalue weighted by molar-refractivity contribution is -0.135. The van der Waals surface area contributed by atoms with E-state index < -0.39 is 22.0 Å². The molecule has 4 nitrogen and oxygen atoms in total. The maximum Gasteiger partial charge on any atom is 0.508 e. The molecule has 0 heterocycles. The van der Waals surface area contributed by atoms with Gasteiger partial charge >= 0.3 is 16.6 Å². The number of carbonyl (C=O) groups excluding carboxylic acids is 1. The number of fused-ring (bicyclic) bond motifs is 5. The minimum atomic E-state index is -4.87. The summed E-state index contributed by atoms with van der Waals surface area (Å²) in [5.74, 6) is 1.26. The average molecular weight is 463 g/mol. The van der Waals surface area contributed by atoms with Crippen LogP contribution in [0.5, 0.6) is 0 Å². The Morgan fingerprint density at radius 2 is 1.74 bits per heavy atom. The summed E-state index contributed by atoms with van der Waals surface area (Å²) in [5, 5.41) is 0. The van der Waals surface area contributed by atoms with Crippen LogP contribution in [0.25, 0.3) is 0 Å². The number of hydrogen-bond acceptors (Lipinski definition) is 4. The summed E-state index contributed by atoms with van der Waals surface area (Å²) in [5.41, 5.74) is -3.96. The highest BCUT2D eigenvalue weighted by Gasteiger charge is 2.58. The summed E-state index contributed by atoms with van der Waals surface area (Å²) in [6.45, 7) is 8.80. The molecule has 0 radical (unpaired) electrons. The molecule has 0 spiro atoms. The van der Waals surface area contributed by atoms with Crippen molar-refractivity contribution in [3.63, 3.8) is 0 Å². The predicted molar refractivity (Wildman–Crippen MR) is 113 cm³/mol. The second-order valence-electron chi connectivity index (χ2n) is 9.38. The van der Waals surface area contributed by atoms with Crippen LogP contribution in [-0.2, 0) is 24.8 Å². The molecule has 4 aliphatic carbocycles. The zero-order valence-electron chi connectivity index (χ0n) is 18.7. The van der Waals surface area contributed by atoms with E-state index in [1.54, 1.807) is 6.08 Å². The van der Waals surface area contributed by atoms with Crippen LogP contribution in [0.2, 0.25) is 0 Å². The van der Waals surface area contributed by atoms with Gasteiger partial charge in [0.15, 0.2) is 0 Å². The van der Waals surface area contributed by atoms with E-state index in [1.165, 1.54) is 5.57 Å². The number of allylic oxidation sites excluding steroid dienone is 3. The molecule has 2 saturated carbocycles. The van der Waals surface area contributed by atoms with Crippen LogP contribution in [0.1, 0.15) is 72.6 Å². The SMILES string of the molecule is CC.CC12CCC(OC=O)CC1=CCC1C2CCC2(C)C(OS(=O)C(F)(F)F)=CCC12. The maximum atomic E-state index is 12.8. The molecule has 0 aromatic heterocycles.